The summed E-state index contributed by atoms with van der Waals surface area (Å²) in [4.78, 5) is 12.4. The van der Waals surface area contributed by atoms with E-state index in [0.717, 1.165) is 44.4 Å². The predicted octanol–water partition coefficient (Wildman–Crippen LogP) is 3.07. The second-order valence-corrected chi connectivity index (χ2v) is 6.92. The standard InChI is InChI=1S/C19H23N3O2.ClH/c23-19(17-12-18(24-22-17)14-6-7-14)21-15-8-9-20-16(11-15)10-13-4-2-1-3-5-13;/h1-5,12,14-16,20H,6-11H2,(H,21,23);1H/t15-,16-;/m0./s1. The van der Waals surface area contributed by atoms with Gasteiger partial charge in [-0.3, -0.25) is 4.79 Å². The number of piperidine rings is 1. The molecule has 25 heavy (non-hydrogen) atoms. The number of hydrogen-bond acceptors (Lipinski definition) is 4. The highest BCUT2D eigenvalue weighted by atomic mass is 35.5. The van der Waals surface area contributed by atoms with Crippen molar-refractivity contribution in [3.8, 4) is 0 Å². The Morgan fingerprint density at radius 1 is 1.24 bits per heavy atom. The van der Waals surface area contributed by atoms with Gasteiger partial charge in [0.05, 0.1) is 0 Å². The van der Waals surface area contributed by atoms with E-state index >= 15 is 0 Å². The third-order valence-corrected chi connectivity index (χ3v) is 4.90. The molecule has 2 atom stereocenters. The third-order valence-electron chi connectivity index (χ3n) is 4.90. The van der Waals surface area contributed by atoms with Crippen molar-refractivity contribution < 1.29 is 9.32 Å². The van der Waals surface area contributed by atoms with Gasteiger partial charge >= 0.3 is 0 Å². The van der Waals surface area contributed by atoms with Crippen LogP contribution in [0.25, 0.3) is 0 Å². The molecule has 4 rings (SSSR count). The van der Waals surface area contributed by atoms with Crippen LogP contribution in [0.15, 0.2) is 40.9 Å². The molecule has 0 bridgehead atoms. The van der Waals surface area contributed by atoms with Gasteiger partial charge in [0.2, 0.25) is 0 Å². The molecule has 2 N–H and O–H groups in total. The minimum Gasteiger partial charge on any atom is -0.360 e. The molecule has 2 aliphatic rings. The van der Waals surface area contributed by atoms with Crippen LogP contribution in [0.5, 0.6) is 0 Å². The number of nitrogens with zero attached hydrogens (tertiary/aromatic N) is 1. The molecule has 1 amide bonds. The Bertz CT molecular complexity index is 700. The summed E-state index contributed by atoms with van der Waals surface area (Å²) < 4.78 is 5.28. The summed E-state index contributed by atoms with van der Waals surface area (Å²) >= 11 is 0. The molecular formula is C19H24ClN3O2. The summed E-state index contributed by atoms with van der Waals surface area (Å²) in [6, 6.07) is 12.9. The molecule has 1 saturated heterocycles. The molecule has 0 radical (unpaired) electrons. The molecule has 0 unspecified atom stereocenters. The van der Waals surface area contributed by atoms with E-state index in [1.54, 1.807) is 6.07 Å². The van der Waals surface area contributed by atoms with E-state index in [1.165, 1.54) is 5.56 Å². The molecule has 6 heteroatoms. The van der Waals surface area contributed by atoms with Gasteiger partial charge in [-0.15, -0.1) is 12.4 Å². The molecule has 1 aromatic carbocycles. The SMILES string of the molecule is Cl.O=C(N[C@H]1CCN[C@@H](Cc2ccccc2)C1)c1cc(C2CC2)on1. The summed E-state index contributed by atoms with van der Waals surface area (Å²) in [7, 11) is 0. The Balaban J connectivity index is 0.00000182. The van der Waals surface area contributed by atoms with Crippen LogP contribution in [0.3, 0.4) is 0 Å². The number of hydrogen-bond donors (Lipinski definition) is 2. The van der Waals surface area contributed by atoms with E-state index in [0.29, 0.717) is 17.7 Å². The maximum absolute atomic E-state index is 12.4. The zero-order chi connectivity index (χ0) is 16.4. The molecule has 2 heterocycles. The third kappa shape index (κ3) is 4.61. The number of nitrogens with one attached hydrogen (secondary N) is 2. The Hall–Kier alpha value is -1.85. The number of aromatic nitrogens is 1. The van der Waals surface area contributed by atoms with Gasteiger partial charge in [-0.05, 0) is 44.2 Å². The Kier molecular flexibility index (Phi) is 5.76. The van der Waals surface area contributed by atoms with Gasteiger partial charge < -0.3 is 15.2 Å². The highest BCUT2D eigenvalue weighted by Gasteiger charge is 2.30. The van der Waals surface area contributed by atoms with Gasteiger partial charge in [-0.2, -0.15) is 0 Å². The number of carbonyl (C=O) groups excluding carboxylic acids is 1. The fraction of sp³-hybridized carbons (Fsp3) is 0.474. The molecule has 2 fully saturated rings. The van der Waals surface area contributed by atoms with Gasteiger partial charge in [0.15, 0.2) is 5.69 Å². The number of halogens is 1. The number of carbonyl (C=O) groups is 1. The zero-order valence-electron chi connectivity index (χ0n) is 14.1. The molecule has 2 aromatic rings. The van der Waals surface area contributed by atoms with E-state index in [4.69, 9.17) is 4.52 Å². The predicted molar refractivity (Wildman–Crippen MR) is 98.2 cm³/mol. The number of benzene rings is 1. The fourth-order valence-corrected chi connectivity index (χ4v) is 3.41. The van der Waals surface area contributed by atoms with Crippen LogP contribution < -0.4 is 10.6 Å². The summed E-state index contributed by atoms with van der Waals surface area (Å²) in [5, 5.41) is 10.6. The summed E-state index contributed by atoms with van der Waals surface area (Å²) in [5.74, 6) is 1.22. The quantitative estimate of drug-likeness (QED) is 0.858. The van der Waals surface area contributed by atoms with E-state index in [1.807, 2.05) is 6.07 Å². The fourth-order valence-electron chi connectivity index (χ4n) is 3.41. The van der Waals surface area contributed by atoms with Gasteiger partial charge in [0.1, 0.15) is 5.76 Å². The minimum atomic E-state index is -0.115. The second kappa shape index (κ2) is 8.02. The lowest BCUT2D eigenvalue weighted by molar-refractivity contribution is 0.0915. The van der Waals surface area contributed by atoms with Crippen molar-refractivity contribution in [2.24, 2.45) is 0 Å². The zero-order valence-corrected chi connectivity index (χ0v) is 14.9. The first-order valence-corrected chi connectivity index (χ1v) is 8.83. The molecule has 0 spiro atoms. The van der Waals surface area contributed by atoms with Crippen molar-refractivity contribution in [2.75, 3.05) is 6.54 Å². The molecule has 5 nitrogen and oxygen atoms in total. The first kappa shape index (κ1) is 18.0. The van der Waals surface area contributed by atoms with Crippen LogP contribution in [0.1, 0.15) is 53.4 Å². The lowest BCUT2D eigenvalue weighted by Gasteiger charge is -2.30. The Morgan fingerprint density at radius 2 is 2.04 bits per heavy atom. The normalized spacial score (nSPS) is 22.9. The van der Waals surface area contributed by atoms with Crippen LogP contribution in [0.2, 0.25) is 0 Å². The highest BCUT2D eigenvalue weighted by Crippen LogP contribution is 2.40. The molecule has 1 aromatic heterocycles. The summed E-state index contributed by atoms with van der Waals surface area (Å²) in [5.41, 5.74) is 1.74. The molecule has 1 aliphatic heterocycles. The van der Waals surface area contributed by atoms with Crippen LogP contribution in [-0.4, -0.2) is 29.7 Å². The average molecular weight is 362 g/mol. The molecule has 1 saturated carbocycles. The van der Waals surface area contributed by atoms with Crippen molar-refractivity contribution in [3.05, 3.63) is 53.4 Å². The first-order chi connectivity index (χ1) is 11.8. The van der Waals surface area contributed by atoms with Crippen LogP contribution in [0.4, 0.5) is 0 Å². The van der Waals surface area contributed by atoms with Crippen molar-refractivity contribution in [1.82, 2.24) is 15.8 Å². The first-order valence-electron chi connectivity index (χ1n) is 8.83. The van der Waals surface area contributed by atoms with E-state index < -0.39 is 0 Å². The Labute approximate surface area is 154 Å². The molecule has 1 aliphatic carbocycles. The average Bonchev–Trinajstić information content (AvgIpc) is 3.33. The largest absolute Gasteiger partial charge is 0.360 e. The topological polar surface area (TPSA) is 67.2 Å². The van der Waals surface area contributed by atoms with Crippen LogP contribution in [-0.2, 0) is 6.42 Å². The smallest absolute Gasteiger partial charge is 0.273 e. The van der Waals surface area contributed by atoms with Crippen molar-refractivity contribution in [3.63, 3.8) is 0 Å². The maximum atomic E-state index is 12.4. The van der Waals surface area contributed by atoms with E-state index in [9.17, 15) is 4.79 Å². The van der Waals surface area contributed by atoms with Gasteiger partial charge in [-0.1, -0.05) is 35.5 Å². The summed E-state index contributed by atoms with van der Waals surface area (Å²) in [6.07, 6.45) is 5.17. The van der Waals surface area contributed by atoms with Gasteiger partial charge in [0.25, 0.3) is 5.91 Å². The highest BCUT2D eigenvalue weighted by molar-refractivity contribution is 5.92. The maximum Gasteiger partial charge on any atom is 0.273 e. The minimum absolute atomic E-state index is 0. The van der Waals surface area contributed by atoms with Crippen molar-refractivity contribution in [2.45, 2.75) is 50.1 Å². The monoisotopic (exact) mass is 361 g/mol. The number of rotatable bonds is 5. The van der Waals surface area contributed by atoms with E-state index in [-0.39, 0.29) is 24.4 Å². The molecule has 134 valence electrons. The Morgan fingerprint density at radius 3 is 2.80 bits per heavy atom. The van der Waals surface area contributed by atoms with Gasteiger partial charge in [-0.25, -0.2) is 0 Å². The van der Waals surface area contributed by atoms with Crippen LogP contribution >= 0.6 is 12.4 Å². The second-order valence-electron chi connectivity index (χ2n) is 6.92. The van der Waals surface area contributed by atoms with Crippen molar-refractivity contribution >= 4 is 18.3 Å². The van der Waals surface area contributed by atoms with Crippen molar-refractivity contribution in [1.29, 1.82) is 0 Å². The number of amides is 1. The lowest BCUT2D eigenvalue weighted by Crippen LogP contribution is -2.48. The van der Waals surface area contributed by atoms with E-state index in [2.05, 4.69) is 40.1 Å². The molecular weight excluding hydrogens is 338 g/mol. The lowest BCUT2D eigenvalue weighted by atomic mass is 9.94. The van der Waals surface area contributed by atoms with Gasteiger partial charge in [0, 0.05) is 24.1 Å². The van der Waals surface area contributed by atoms with Crippen LogP contribution in [0, 0.1) is 0 Å². The summed E-state index contributed by atoms with van der Waals surface area (Å²) in [6.45, 7) is 0.925.